The van der Waals surface area contributed by atoms with Gasteiger partial charge in [-0.2, -0.15) is 0 Å². The Morgan fingerprint density at radius 1 is 1.25 bits per heavy atom. The van der Waals surface area contributed by atoms with Crippen LogP contribution in [0.1, 0.15) is 34.6 Å². The molecule has 0 radical (unpaired) electrons. The maximum Gasteiger partial charge on any atom is 0.123 e. The molecule has 3 heteroatoms. The van der Waals surface area contributed by atoms with Crippen molar-refractivity contribution in [2.45, 2.75) is 31.7 Å². The van der Waals surface area contributed by atoms with Crippen LogP contribution in [0.2, 0.25) is 0 Å². The number of hydrogen-bond donors (Lipinski definition) is 0. The van der Waals surface area contributed by atoms with E-state index in [2.05, 4.69) is 54.0 Å². The predicted octanol–water partition coefficient (Wildman–Crippen LogP) is 5.41. The van der Waals surface area contributed by atoms with Gasteiger partial charge in [-0.1, -0.05) is 34.1 Å². The molecule has 104 valence electrons. The summed E-state index contributed by atoms with van der Waals surface area (Å²) in [5, 5.41) is -0.131. The molecule has 20 heavy (non-hydrogen) atoms. The first-order valence-electron chi connectivity index (χ1n) is 6.74. The Morgan fingerprint density at radius 3 is 2.85 bits per heavy atom. The molecule has 0 spiro atoms. The first-order valence-corrected chi connectivity index (χ1v) is 7.97. The van der Waals surface area contributed by atoms with E-state index in [1.165, 1.54) is 11.1 Å². The van der Waals surface area contributed by atoms with E-state index in [4.69, 9.17) is 16.3 Å². The van der Waals surface area contributed by atoms with Gasteiger partial charge in [-0.25, -0.2) is 0 Å². The molecule has 1 nitrogen and oxygen atoms in total. The third-order valence-electron chi connectivity index (χ3n) is 3.73. The van der Waals surface area contributed by atoms with E-state index in [0.29, 0.717) is 0 Å². The summed E-state index contributed by atoms with van der Waals surface area (Å²) in [5.74, 6) is 0.996. The van der Waals surface area contributed by atoms with Gasteiger partial charge in [-0.3, -0.25) is 0 Å². The molecule has 2 aromatic rings. The molecule has 2 unspecified atom stereocenters. The van der Waals surface area contributed by atoms with Gasteiger partial charge in [-0.05, 0) is 54.3 Å². The van der Waals surface area contributed by atoms with Crippen molar-refractivity contribution in [1.82, 2.24) is 0 Å². The van der Waals surface area contributed by atoms with E-state index < -0.39 is 0 Å². The van der Waals surface area contributed by atoms with Gasteiger partial charge in [0.05, 0.1) is 5.38 Å². The number of ether oxygens (including phenoxy) is 1. The normalized spacial score (nSPS) is 18.5. The molecule has 0 saturated carbocycles. The highest BCUT2D eigenvalue weighted by molar-refractivity contribution is 9.10. The lowest BCUT2D eigenvalue weighted by atomic mass is 9.98. The fourth-order valence-electron chi connectivity index (χ4n) is 2.66. The average Bonchev–Trinajstić information content (AvgIpc) is 2.79. The Labute approximate surface area is 133 Å². The highest BCUT2D eigenvalue weighted by Gasteiger charge is 2.21. The number of benzene rings is 2. The second kappa shape index (κ2) is 5.42. The highest BCUT2D eigenvalue weighted by Crippen LogP contribution is 2.37. The first kappa shape index (κ1) is 14.0. The van der Waals surface area contributed by atoms with Crippen LogP contribution in [0.15, 0.2) is 40.9 Å². The smallest absolute Gasteiger partial charge is 0.123 e. The number of alkyl halides is 1. The van der Waals surface area contributed by atoms with E-state index in [-0.39, 0.29) is 11.5 Å². The van der Waals surface area contributed by atoms with Crippen LogP contribution in [0.4, 0.5) is 0 Å². The van der Waals surface area contributed by atoms with E-state index in [0.717, 1.165) is 27.8 Å². The monoisotopic (exact) mass is 350 g/mol. The summed E-state index contributed by atoms with van der Waals surface area (Å²) in [6, 6.07) is 12.5. The van der Waals surface area contributed by atoms with Gasteiger partial charge in [0.25, 0.3) is 0 Å². The number of halogens is 2. The number of fused-ring (bicyclic) bond motifs is 1. The van der Waals surface area contributed by atoms with Crippen LogP contribution in [0, 0.1) is 6.92 Å². The SMILES string of the molecule is Cc1ccc(Br)cc1C(Cl)c1ccc2c(c1)CC(C)O2. The molecule has 1 aliphatic heterocycles. The summed E-state index contributed by atoms with van der Waals surface area (Å²) < 4.78 is 6.80. The Bertz CT molecular complexity index is 653. The third kappa shape index (κ3) is 2.59. The molecule has 0 bridgehead atoms. The maximum atomic E-state index is 6.69. The van der Waals surface area contributed by atoms with Crippen molar-refractivity contribution in [1.29, 1.82) is 0 Å². The van der Waals surface area contributed by atoms with Crippen molar-refractivity contribution in [3.8, 4) is 5.75 Å². The van der Waals surface area contributed by atoms with Gasteiger partial charge in [0.15, 0.2) is 0 Å². The van der Waals surface area contributed by atoms with E-state index in [1.54, 1.807) is 0 Å². The van der Waals surface area contributed by atoms with Crippen LogP contribution in [-0.2, 0) is 6.42 Å². The minimum absolute atomic E-state index is 0.131. The number of aryl methyl sites for hydroxylation is 1. The van der Waals surface area contributed by atoms with Gasteiger partial charge >= 0.3 is 0 Å². The van der Waals surface area contributed by atoms with E-state index in [9.17, 15) is 0 Å². The molecule has 1 heterocycles. The first-order chi connectivity index (χ1) is 9.54. The molecule has 1 aliphatic rings. The summed E-state index contributed by atoms with van der Waals surface area (Å²) in [7, 11) is 0. The Balaban J connectivity index is 1.97. The molecule has 0 saturated heterocycles. The molecule has 0 fully saturated rings. The van der Waals surface area contributed by atoms with Gasteiger partial charge in [0.1, 0.15) is 11.9 Å². The number of hydrogen-bond acceptors (Lipinski definition) is 1. The van der Waals surface area contributed by atoms with E-state index in [1.807, 2.05) is 12.1 Å². The minimum atomic E-state index is -0.131. The lowest BCUT2D eigenvalue weighted by molar-refractivity contribution is 0.254. The average molecular weight is 352 g/mol. The summed E-state index contributed by atoms with van der Waals surface area (Å²) in [6.45, 7) is 4.19. The van der Waals surface area contributed by atoms with Crippen molar-refractivity contribution in [2.75, 3.05) is 0 Å². The van der Waals surface area contributed by atoms with Crippen LogP contribution >= 0.6 is 27.5 Å². The van der Waals surface area contributed by atoms with Crippen LogP contribution in [0.25, 0.3) is 0 Å². The summed E-state index contributed by atoms with van der Waals surface area (Å²) in [5.41, 5.74) is 4.74. The Kier molecular flexibility index (Phi) is 3.78. The fraction of sp³-hybridized carbons (Fsp3) is 0.294. The molecule has 0 aromatic heterocycles. The predicted molar refractivity (Wildman–Crippen MR) is 86.8 cm³/mol. The highest BCUT2D eigenvalue weighted by atomic mass is 79.9. The second-order valence-corrected chi connectivity index (χ2v) is 6.72. The van der Waals surface area contributed by atoms with E-state index >= 15 is 0 Å². The van der Waals surface area contributed by atoms with Gasteiger partial charge in [0.2, 0.25) is 0 Å². The second-order valence-electron chi connectivity index (χ2n) is 5.36. The molecular weight excluding hydrogens is 336 g/mol. The van der Waals surface area contributed by atoms with Crippen molar-refractivity contribution in [3.05, 3.63) is 63.1 Å². The van der Waals surface area contributed by atoms with Crippen molar-refractivity contribution < 1.29 is 4.74 Å². The maximum absolute atomic E-state index is 6.69. The van der Waals surface area contributed by atoms with Crippen LogP contribution in [0.3, 0.4) is 0 Å². The quantitative estimate of drug-likeness (QED) is 0.657. The molecule has 2 atom stereocenters. The number of rotatable bonds is 2. The molecule has 0 N–H and O–H groups in total. The van der Waals surface area contributed by atoms with Crippen molar-refractivity contribution >= 4 is 27.5 Å². The zero-order valence-electron chi connectivity index (χ0n) is 11.5. The topological polar surface area (TPSA) is 9.23 Å². The fourth-order valence-corrected chi connectivity index (χ4v) is 3.41. The largest absolute Gasteiger partial charge is 0.490 e. The molecule has 2 aromatic carbocycles. The van der Waals surface area contributed by atoms with Crippen LogP contribution < -0.4 is 4.74 Å². The third-order valence-corrected chi connectivity index (χ3v) is 4.71. The summed E-state index contributed by atoms with van der Waals surface area (Å²) in [6.07, 6.45) is 1.23. The zero-order chi connectivity index (χ0) is 14.3. The zero-order valence-corrected chi connectivity index (χ0v) is 13.8. The standard InChI is InChI=1S/C17H16BrClO/c1-10-3-5-14(18)9-15(10)17(19)12-4-6-16-13(8-12)7-11(2)20-16/h3-6,8-9,11,17H,7H2,1-2H3. The van der Waals surface area contributed by atoms with Crippen LogP contribution in [-0.4, -0.2) is 6.10 Å². The van der Waals surface area contributed by atoms with Crippen molar-refractivity contribution in [2.24, 2.45) is 0 Å². The van der Waals surface area contributed by atoms with Gasteiger partial charge in [0, 0.05) is 10.9 Å². The lowest BCUT2D eigenvalue weighted by Gasteiger charge is -2.14. The molecule has 0 aliphatic carbocycles. The van der Waals surface area contributed by atoms with Crippen LogP contribution in [0.5, 0.6) is 5.75 Å². The van der Waals surface area contributed by atoms with Gasteiger partial charge < -0.3 is 4.74 Å². The summed E-state index contributed by atoms with van der Waals surface area (Å²) in [4.78, 5) is 0. The molecular formula is C17H16BrClO. The molecule has 0 amide bonds. The lowest BCUT2D eigenvalue weighted by Crippen LogP contribution is -2.05. The Hall–Kier alpha value is -0.990. The summed E-state index contributed by atoms with van der Waals surface area (Å²) >= 11 is 10.2. The van der Waals surface area contributed by atoms with Gasteiger partial charge in [-0.15, -0.1) is 11.6 Å². The molecule has 3 rings (SSSR count). The Morgan fingerprint density at radius 2 is 2.05 bits per heavy atom. The van der Waals surface area contributed by atoms with Crippen molar-refractivity contribution in [3.63, 3.8) is 0 Å². The minimum Gasteiger partial charge on any atom is -0.490 e.